The van der Waals surface area contributed by atoms with E-state index in [4.69, 9.17) is 29.9 Å². The zero-order chi connectivity index (χ0) is 40.1. The van der Waals surface area contributed by atoms with Crippen molar-refractivity contribution in [3.05, 3.63) is 201 Å². The summed E-state index contributed by atoms with van der Waals surface area (Å²) in [6.07, 6.45) is 5.33. The van der Waals surface area contributed by atoms with Crippen LogP contribution < -0.4 is 0 Å². The fraction of sp³-hybridized carbons (Fsp3) is 0. The van der Waals surface area contributed by atoms with Gasteiger partial charge in [-0.1, -0.05) is 109 Å². The second kappa shape index (κ2) is 16.2. The molecule has 9 nitrogen and oxygen atoms in total. The van der Waals surface area contributed by atoms with Gasteiger partial charge in [0.1, 0.15) is 0 Å². The Morgan fingerprint density at radius 1 is 0.183 bits per heavy atom. The van der Waals surface area contributed by atoms with Crippen molar-refractivity contribution in [2.75, 3.05) is 0 Å². The highest BCUT2D eigenvalue weighted by Crippen LogP contribution is 2.31. The maximum atomic E-state index is 5.03. The van der Waals surface area contributed by atoms with Crippen LogP contribution in [0.2, 0.25) is 0 Å². The fourth-order valence-electron chi connectivity index (χ4n) is 6.89. The lowest BCUT2D eigenvalue weighted by molar-refractivity contribution is 1.07. The number of nitrogens with zero attached hydrogens (tertiary/aromatic N) is 9. The molecule has 7 aromatic heterocycles. The molecule has 0 amide bonds. The second-order valence-electron chi connectivity index (χ2n) is 13.9. The van der Waals surface area contributed by atoms with Crippen LogP contribution in [0.25, 0.3) is 102 Å². The van der Waals surface area contributed by atoms with Crippen LogP contribution in [0.15, 0.2) is 201 Å². The van der Waals surface area contributed by atoms with Gasteiger partial charge in [-0.15, -0.1) is 0 Å². The average molecular weight is 772 g/mol. The van der Waals surface area contributed by atoms with Gasteiger partial charge in [0, 0.05) is 52.0 Å². The molecule has 10 rings (SSSR count). The summed E-state index contributed by atoms with van der Waals surface area (Å²) in [4.78, 5) is 43.2. The topological polar surface area (TPSA) is 116 Å². The Balaban J connectivity index is 0.997. The Kier molecular flexibility index (Phi) is 9.71. The summed E-state index contributed by atoms with van der Waals surface area (Å²) in [7, 11) is 0. The van der Waals surface area contributed by atoms with Crippen LogP contribution >= 0.6 is 0 Å². The van der Waals surface area contributed by atoms with Gasteiger partial charge in [0.05, 0.1) is 51.2 Å². The Morgan fingerprint density at radius 2 is 0.433 bits per heavy atom. The highest BCUT2D eigenvalue weighted by molar-refractivity contribution is 5.74. The van der Waals surface area contributed by atoms with E-state index in [-0.39, 0.29) is 0 Å². The van der Waals surface area contributed by atoms with Crippen molar-refractivity contribution in [1.29, 1.82) is 0 Å². The Hall–Kier alpha value is -8.43. The van der Waals surface area contributed by atoms with Gasteiger partial charge in [0.25, 0.3) is 0 Å². The van der Waals surface area contributed by atoms with Gasteiger partial charge in [0.15, 0.2) is 17.5 Å². The maximum absolute atomic E-state index is 5.03. The molecule has 10 aromatic rings. The summed E-state index contributed by atoms with van der Waals surface area (Å²) >= 11 is 0. The molecule has 0 fully saturated rings. The summed E-state index contributed by atoms with van der Waals surface area (Å²) in [5.74, 6) is 1.66. The third-order valence-electron chi connectivity index (χ3n) is 9.98. The minimum Gasteiger partial charge on any atom is -0.255 e. The summed E-state index contributed by atoms with van der Waals surface area (Å²) in [5.41, 5.74) is 12.9. The van der Waals surface area contributed by atoms with Gasteiger partial charge in [0.2, 0.25) is 0 Å². The molecule has 0 spiro atoms. The van der Waals surface area contributed by atoms with Crippen molar-refractivity contribution in [2.24, 2.45) is 0 Å². The summed E-state index contributed by atoms with van der Waals surface area (Å²) < 4.78 is 0. The van der Waals surface area contributed by atoms with E-state index >= 15 is 0 Å². The molecule has 9 heteroatoms. The van der Waals surface area contributed by atoms with Gasteiger partial charge in [-0.25, -0.2) is 29.9 Å². The van der Waals surface area contributed by atoms with E-state index in [0.29, 0.717) is 17.5 Å². The molecule has 0 aliphatic carbocycles. The molecule has 0 saturated carbocycles. The first-order chi connectivity index (χ1) is 29.7. The van der Waals surface area contributed by atoms with Crippen LogP contribution in [0.5, 0.6) is 0 Å². The molecule has 3 aromatic carbocycles. The Morgan fingerprint density at radius 3 is 0.700 bits per heavy atom. The largest absolute Gasteiger partial charge is 0.255 e. The minimum absolute atomic E-state index is 0.555. The zero-order valence-corrected chi connectivity index (χ0v) is 32.1. The monoisotopic (exact) mass is 771 g/mol. The molecule has 0 unspecified atom stereocenters. The molecule has 0 radical (unpaired) electrons. The van der Waals surface area contributed by atoms with Crippen LogP contribution in [0.1, 0.15) is 0 Å². The molecule has 7 heterocycles. The third kappa shape index (κ3) is 7.66. The summed E-state index contributed by atoms with van der Waals surface area (Å²) in [6.45, 7) is 0. The molecule has 0 N–H and O–H groups in total. The van der Waals surface area contributed by atoms with Crippen molar-refractivity contribution in [1.82, 2.24) is 44.9 Å². The first-order valence-corrected chi connectivity index (χ1v) is 19.4. The van der Waals surface area contributed by atoms with E-state index in [9.17, 15) is 0 Å². The van der Waals surface area contributed by atoms with Gasteiger partial charge < -0.3 is 0 Å². The number of rotatable bonds is 9. The fourth-order valence-corrected chi connectivity index (χ4v) is 6.89. The number of hydrogen-bond donors (Lipinski definition) is 0. The maximum Gasteiger partial charge on any atom is 0.164 e. The van der Waals surface area contributed by atoms with E-state index in [2.05, 4.69) is 15.0 Å². The van der Waals surface area contributed by atoms with E-state index in [1.165, 1.54) is 0 Å². The number of aromatic nitrogens is 9. The van der Waals surface area contributed by atoms with E-state index in [1.54, 1.807) is 18.6 Å². The van der Waals surface area contributed by atoms with E-state index in [0.717, 1.165) is 84.6 Å². The van der Waals surface area contributed by atoms with Crippen LogP contribution in [0, 0.1) is 0 Å². The van der Waals surface area contributed by atoms with Gasteiger partial charge in [-0.2, -0.15) is 0 Å². The molecule has 0 bridgehead atoms. The molecule has 0 aliphatic rings. The Bertz CT molecular complexity index is 2710. The van der Waals surface area contributed by atoms with Gasteiger partial charge >= 0.3 is 0 Å². The average Bonchev–Trinajstić information content (AvgIpc) is 3.35. The number of hydrogen-bond acceptors (Lipinski definition) is 9. The molecule has 0 atom stereocenters. The van der Waals surface area contributed by atoms with Crippen LogP contribution in [0.4, 0.5) is 0 Å². The first kappa shape index (κ1) is 35.9. The van der Waals surface area contributed by atoms with Crippen molar-refractivity contribution < 1.29 is 0 Å². The van der Waals surface area contributed by atoms with Crippen molar-refractivity contribution in [3.8, 4) is 102 Å². The predicted molar refractivity (Wildman–Crippen MR) is 236 cm³/mol. The van der Waals surface area contributed by atoms with E-state index < -0.39 is 0 Å². The molecular formula is C51H33N9. The lowest BCUT2D eigenvalue weighted by Gasteiger charge is -2.11. The minimum atomic E-state index is 0.555. The summed E-state index contributed by atoms with van der Waals surface area (Å²) in [5, 5.41) is 0. The SMILES string of the molecule is c1ccc(-c2cccc(-c3ccc(-c4nc(-c5ccc(-c6cccc(-c7ccccn7)n6)cc5)nc(-c5ccc(-c6cccc(-c7ccccn7)n6)cc5)n4)cc3)n2)nc1. The smallest absolute Gasteiger partial charge is 0.164 e. The van der Waals surface area contributed by atoms with Crippen LogP contribution in [-0.4, -0.2) is 44.9 Å². The lowest BCUT2D eigenvalue weighted by atomic mass is 10.1. The standard InChI is InChI=1S/C51H33N9/c1-4-31-52-43(10-1)46-16-7-13-40(55-46)34-19-25-37(26-20-34)49-58-50(38-27-21-35(22-28-38)41-14-8-17-47(56-41)44-11-2-5-32-53-44)60-51(59-49)39-29-23-36(24-30-39)42-15-9-18-48(57-42)45-12-3-6-33-54-45/h1-33H. The predicted octanol–water partition coefficient (Wildman–Crippen LogP) is 11.2. The molecule has 0 saturated heterocycles. The van der Waals surface area contributed by atoms with Crippen molar-refractivity contribution in [3.63, 3.8) is 0 Å². The molecule has 60 heavy (non-hydrogen) atoms. The quantitative estimate of drug-likeness (QED) is 0.141. The lowest BCUT2D eigenvalue weighted by Crippen LogP contribution is -2.00. The number of benzene rings is 3. The highest BCUT2D eigenvalue weighted by atomic mass is 15.0. The Labute approximate surface area is 346 Å². The first-order valence-electron chi connectivity index (χ1n) is 19.4. The van der Waals surface area contributed by atoms with Gasteiger partial charge in [-0.05, 0) is 72.8 Å². The summed E-state index contributed by atoms with van der Waals surface area (Å²) in [6, 6.07) is 59.8. The highest BCUT2D eigenvalue weighted by Gasteiger charge is 2.15. The molecular weight excluding hydrogens is 739 g/mol. The zero-order valence-electron chi connectivity index (χ0n) is 32.1. The second-order valence-corrected chi connectivity index (χ2v) is 13.9. The molecule has 0 aliphatic heterocycles. The molecule has 282 valence electrons. The normalized spacial score (nSPS) is 11.0. The van der Waals surface area contributed by atoms with Gasteiger partial charge in [-0.3, -0.25) is 15.0 Å². The van der Waals surface area contributed by atoms with Crippen molar-refractivity contribution >= 4 is 0 Å². The van der Waals surface area contributed by atoms with Crippen LogP contribution in [-0.2, 0) is 0 Å². The third-order valence-corrected chi connectivity index (χ3v) is 9.98. The van der Waals surface area contributed by atoms with E-state index in [1.807, 2.05) is 182 Å². The van der Waals surface area contributed by atoms with Crippen LogP contribution in [0.3, 0.4) is 0 Å². The number of pyridine rings is 6. The van der Waals surface area contributed by atoms with Crippen molar-refractivity contribution in [2.45, 2.75) is 0 Å².